The monoisotopic (exact) mass is 245 g/mol. The van der Waals surface area contributed by atoms with Gasteiger partial charge in [0.25, 0.3) is 5.91 Å². The van der Waals surface area contributed by atoms with Crippen molar-refractivity contribution in [1.29, 1.82) is 0 Å². The molecule has 1 aromatic carbocycles. The van der Waals surface area contributed by atoms with E-state index in [-0.39, 0.29) is 6.29 Å². The third-order valence-corrected chi connectivity index (χ3v) is 2.40. The first-order valence-corrected chi connectivity index (χ1v) is 5.06. The second kappa shape index (κ2) is 5.73. The van der Waals surface area contributed by atoms with Crippen LogP contribution in [0.4, 0.5) is 0 Å². The fourth-order valence-electron chi connectivity index (χ4n) is 1.09. The smallest absolute Gasteiger partial charge is 0.284 e. The molecule has 0 saturated carbocycles. The maximum Gasteiger partial charge on any atom is 0.284 e. The molecule has 0 spiro atoms. The number of hydrogen-bond acceptors (Lipinski definition) is 2. The quantitative estimate of drug-likeness (QED) is 0.651. The van der Waals surface area contributed by atoms with E-state index in [4.69, 9.17) is 23.2 Å². The van der Waals surface area contributed by atoms with Gasteiger partial charge in [0.2, 0.25) is 6.29 Å². The lowest BCUT2D eigenvalue weighted by atomic mass is 10.1. The average molecular weight is 246 g/mol. The molecule has 0 unspecified atom stereocenters. The van der Waals surface area contributed by atoms with Crippen molar-refractivity contribution in [3.63, 3.8) is 0 Å². The summed E-state index contributed by atoms with van der Waals surface area (Å²) in [4.78, 5) is 20.6. The predicted molar refractivity (Wildman–Crippen MR) is 59.2 cm³/mol. The van der Waals surface area contributed by atoms with E-state index < -0.39 is 5.91 Å². The molecule has 0 radical (unpaired) electrons. The van der Waals surface area contributed by atoms with Gasteiger partial charge in [-0.05, 0) is 24.1 Å². The van der Waals surface area contributed by atoms with Crippen molar-refractivity contribution < 1.29 is 9.59 Å². The number of aldehydes is 1. The summed E-state index contributed by atoms with van der Waals surface area (Å²) < 4.78 is 0. The molecule has 1 rings (SSSR count). The van der Waals surface area contributed by atoms with Crippen molar-refractivity contribution in [2.75, 3.05) is 6.54 Å². The van der Waals surface area contributed by atoms with E-state index in [9.17, 15) is 9.59 Å². The lowest BCUT2D eigenvalue weighted by molar-refractivity contribution is -0.131. The van der Waals surface area contributed by atoms with Crippen molar-refractivity contribution in [3.05, 3.63) is 33.8 Å². The van der Waals surface area contributed by atoms with E-state index in [1.807, 2.05) is 0 Å². The topological polar surface area (TPSA) is 46.2 Å². The minimum atomic E-state index is -0.625. The fourth-order valence-corrected chi connectivity index (χ4v) is 1.59. The summed E-state index contributed by atoms with van der Waals surface area (Å²) in [6.45, 7) is 0.374. The maximum absolute atomic E-state index is 10.6. The third-order valence-electron chi connectivity index (χ3n) is 1.82. The van der Waals surface area contributed by atoms with Gasteiger partial charge >= 0.3 is 0 Å². The molecular formula is C10H9Cl2NO2. The van der Waals surface area contributed by atoms with Gasteiger partial charge in [0, 0.05) is 16.6 Å². The van der Waals surface area contributed by atoms with Gasteiger partial charge in [-0.15, -0.1) is 0 Å². The summed E-state index contributed by atoms with van der Waals surface area (Å²) in [5, 5.41) is 3.55. The van der Waals surface area contributed by atoms with Gasteiger partial charge in [0.15, 0.2) is 0 Å². The van der Waals surface area contributed by atoms with E-state index >= 15 is 0 Å². The standard InChI is InChI=1S/C10H9Cl2NO2/c11-8-2-1-7(9(12)5-8)3-4-13-10(15)6-14/h1-2,5-6H,3-4H2,(H,13,15). The molecular weight excluding hydrogens is 237 g/mol. The van der Waals surface area contributed by atoms with Gasteiger partial charge in [-0.25, -0.2) is 0 Å². The third kappa shape index (κ3) is 3.90. The zero-order valence-electron chi connectivity index (χ0n) is 7.80. The highest BCUT2D eigenvalue weighted by molar-refractivity contribution is 6.35. The summed E-state index contributed by atoms with van der Waals surface area (Å²) in [7, 11) is 0. The molecule has 0 atom stereocenters. The summed E-state index contributed by atoms with van der Waals surface area (Å²) >= 11 is 11.6. The molecule has 15 heavy (non-hydrogen) atoms. The number of carbonyl (C=O) groups is 2. The second-order valence-corrected chi connectivity index (χ2v) is 3.74. The van der Waals surface area contributed by atoms with Gasteiger partial charge in [0.05, 0.1) is 0 Å². The lowest BCUT2D eigenvalue weighted by Gasteiger charge is -2.04. The van der Waals surface area contributed by atoms with Gasteiger partial charge in [0.1, 0.15) is 0 Å². The lowest BCUT2D eigenvalue weighted by Crippen LogP contribution is -2.26. The Labute approximate surface area is 97.4 Å². The minimum Gasteiger partial charge on any atom is -0.349 e. The molecule has 0 aromatic heterocycles. The van der Waals surface area contributed by atoms with Gasteiger partial charge in [-0.1, -0.05) is 29.3 Å². The van der Waals surface area contributed by atoms with Crippen LogP contribution in [0.1, 0.15) is 5.56 Å². The van der Waals surface area contributed by atoms with E-state index in [0.29, 0.717) is 23.0 Å². The fraction of sp³-hybridized carbons (Fsp3) is 0.200. The van der Waals surface area contributed by atoms with Gasteiger partial charge in [-0.3, -0.25) is 9.59 Å². The molecule has 1 aromatic rings. The Morgan fingerprint density at radius 3 is 2.73 bits per heavy atom. The van der Waals surface area contributed by atoms with Crippen LogP contribution in [0.3, 0.4) is 0 Å². The van der Waals surface area contributed by atoms with Crippen LogP contribution < -0.4 is 5.32 Å². The van der Waals surface area contributed by atoms with Crippen molar-refractivity contribution in [3.8, 4) is 0 Å². The number of nitrogens with one attached hydrogen (secondary N) is 1. The highest BCUT2D eigenvalue weighted by Gasteiger charge is 2.02. The van der Waals surface area contributed by atoms with Crippen LogP contribution in [0.25, 0.3) is 0 Å². The first-order chi connectivity index (χ1) is 7.13. The normalized spacial score (nSPS) is 9.73. The number of hydrogen-bond donors (Lipinski definition) is 1. The maximum atomic E-state index is 10.6. The summed E-state index contributed by atoms with van der Waals surface area (Å²) in [6, 6.07) is 5.15. The molecule has 0 aliphatic heterocycles. The zero-order chi connectivity index (χ0) is 11.3. The zero-order valence-corrected chi connectivity index (χ0v) is 9.31. The Balaban J connectivity index is 2.51. The molecule has 0 aliphatic rings. The van der Waals surface area contributed by atoms with Crippen LogP contribution in [-0.2, 0) is 16.0 Å². The van der Waals surface area contributed by atoms with Crippen LogP contribution >= 0.6 is 23.2 Å². The molecule has 5 heteroatoms. The molecule has 0 saturated heterocycles. The first kappa shape index (κ1) is 12.0. The molecule has 0 bridgehead atoms. The number of carbonyl (C=O) groups excluding carboxylic acids is 2. The molecule has 1 N–H and O–H groups in total. The summed E-state index contributed by atoms with van der Waals surface area (Å²) in [5.41, 5.74) is 0.882. The van der Waals surface area contributed by atoms with Crippen molar-refractivity contribution in [2.24, 2.45) is 0 Å². The predicted octanol–water partition coefficient (Wildman–Crippen LogP) is 1.85. The van der Waals surface area contributed by atoms with Crippen LogP contribution in [0.15, 0.2) is 18.2 Å². The average Bonchev–Trinajstić information content (AvgIpc) is 2.21. The van der Waals surface area contributed by atoms with Crippen molar-refractivity contribution in [2.45, 2.75) is 6.42 Å². The second-order valence-electron chi connectivity index (χ2n) is 2.89. The number of rotatable bonds is 4. The van der Waals surface area contributed by atoms with Crippen LogP contribution in [0, 0.1) is 0 Å². The number of halogens is 2. The molecule has 80 valence electrons. The van der Waals surface area contributed by atoms with E-state index in [1.54, 1.807) is 18.2 Å². The van der Waals surface area contributed by atoms with E-state index in [1.165, 1.54) is 0 Å². The SMILES string of the molecule is O=CC(=O)NCCc1ccc(Cl)cc1Cl. The Bertz CT molecular complexity index is 380. The largest absolute Gasteiger partial charge is 0.349 e. The molecule has 0 fully saturated rings. The van der Waals surface area contributed by atoms with E-state index in [2.05, 4.69) is 5.32 Å². The van der Waals surface area contributed by atoms with Crippen molar-refractivity contribution >= 4 is 35.4 Å². The summed E-state index contributed by atoms with van der Waals surface area (Å²) in [6.07, 6.45) is 0.805. The highest BCUT2D eigenvalue weighted by Crippen LogP contribution is 2.20. The Morgan fingerprint density at radius 2 is 2.13 bits per heavy atom. The van der Waals surface area contributed by atoms with Crippen LogP contribution in [0.5, 0.6) is 0 Å². The first-order valence-electron chi connectivity index (χ1n) is 4.30. The van der Waals surface area contributed by atoms with E-state index in [0.717, 1.165) is 5.56 Å². The molecule has 0 heterocycles. The highest BCUT2D eigenvalue weighted by atomic mass is 35.5. The molecule has 0 aliphatic carbocycles. The molecule has 3 nitrogen and oxygen atoms in total. The van der Waals surface area contributed by atoms with Gasteiger partial charge < -0.3 is 5.32 Å². The Kier molecular flexibility index (Phi) is 4.59. The molecule has 1 amide bonds. The number of amides is 1. The minimum absolute atomic E-state index is 0.240. The summed E-state index contributed by atoms with van der Waals surface area (Å²) in [5.74, 6) is -0.625. The Hall–Kier alpha value is -1.06. The number of benzene rings is 1. The van der Waals surface area contributed by atoms with Crippen LogP contribution in [-0.4, -0.2) is 18.7 Å². The van der Waals surface area contributed by atoms with Gasteiger partial charge in [-0.2, -0.15) is 0 Å². The van der Waals surface area contributed by atoms with Crippen LogP contribution in [0.2, 0.25) is 10.0 Å². The van der Waals surface area contributed by atoms with Crippen molar-refractivity contribution in [1.82, 2.24) is 5.32 Å². The Morgan fingerprint density at radius 1 is 1.40 bits per heavy atom.